The molecule has 0 saturated heterocycles. The first-order valence-electron chi connectivity index (χ1n) is 6.37. The molecule has 0 bridgehead atoms. The summed E-state index contributed by atoms with van der Waals surface area (Å²) in [6.07, 6.45) is 4.52. The van der Waals surface area contributed by atoms with Gasteiger partial charge in [0, 0.05) is 28.9 Å². The van der Waals surface area contributed by atoms with Crippen LogP contribution in [0.5, 0.6) is 0 Å². The van der Waals surface area contributed by atoms with E-state index in [1.54, 1.807) is 0 Å². The van der Waals surface area contributed by atoms with Crippen molar-refractivity contribution in [2.45, 2.75) is 32.1 Å². The van der Waals surface area contributed by atoms with Gasteiger partial charge in [-0.2, -0.15) is 0 Å². The summed E-state index contributed by atoms with van der Waals surface area (Å²) in [5.74, 6) is 1.28. The van der Waals surface area contributed by atoms with Crippen molar-refractivity contribution in [3.63, 3.8) is 0 Å². The maximum atomic E-state index is 5.98. The average molecular weight is 295 g/mol. The molecule has 0 radical (unpaired) electrons. The van der Waals surface area contributed by atoms with Gasteiger partial charge in [0.05, 0.1) is 5.88 Å². The van der Waals surface area contributed by atoms with Gasteiger partial charge in [0.2, 0.25) is 0 Å². The van der Waals surface area contributed by atoms with Crippen LogP contribution in [0.25, 0.3) is 0 Å². The molecule has 0 aliphatic heterocycles. The minimum absolute atomic E-state index is 0.465. The second-order valence-electron chi connectivity index (χ2n) is 4.45. The Balaban J connectivity index is 2.23. The highest BCUT2D eigenvalue weighted by molar-refractivity contribution is 6.30. The first-order valence-corrected chi connectivity index (χ1v) is 7.28. The summed E-state index contributed by atoms with van der Waals surface area (Å²) in [5, 5.41) is 0.740. The van der Waals surface area contributed by atoms with Gasteiger partial charge in [-0.15, -0.1) is 11.6 Å². The van der Waals surface area contributed by atoms with E-state index in [1.807, 2.05) is 30.5 Å². The van der Waals surface area contributed by atoms with E-state index >= 15 is 0 Å². The van der Waals surface area contributed by atoms with Crippen LogP contribution in [0.4, 0.5) is 0 Å². The van der Waals surface area contributed by atoms with Crippen molar-refractivity contribution in [3.05, 3.63) is 58.1 Å². The minimum atomic E-state index is 0.465. The summed E-state index contributed by atoms with van der Waals surface area (Å²) in [7, 11) is 0. The van der Waals surface area contributed by atoms with E-state index in [-0.39, 0.29) is 0 Å². The van der Waals surface area contributed by atoms with Gasteiger partial charge in [0.15, 0.2) is 0 Å². The summed E-state index contributed by atoms with van der Waals surface area (Å²) in [6, 6.07) is 7.78. The van der Waals surface area contributed by atoms with Gasteiger partial charge in [-0.05, 0) is 24.1 Å². The molecule has 4 heteroatoms. The molecular formula is C15H16Cl2N2. The second kappa shape index (κ2) is 6.88. The third-order valence-electron chi connectivity index (χ3n) is 2.89. The van der Waals surface area contributed by atoms with Crippen molar-refractivity contribution in [2.24, 2.45) is 0 Å². The summed E-state index contributed by atoms with van der Waals surface area (Å²) in [6.45, 7) is 2.14. The average Bonchev–Trinajstić information content (AvgIpc) is 2.39. The van der Waals surface area contributed by atoms with Crippen LogP contribution >= 0.6 is 23.2 Å². The molecule has 2 aromatic rings. The number of alkyl halides is 1. The van der Waals surface area contributed by atoms with Gasteiger partial charge >= 0.3 is 0 Å². The molecule has 0 atom stereocenters. The lowest BCUT2D eigenvalue weighted by atomic mass is 10.1. The number of nitrogens with zero attached hydrogens (tertiary/aromatic N) is 2. The highest BCUT2D eigenvalue weighted by Gasteiger charge is 2.07. The molecule has 0 fully saturated rings. The molecule has 0 saturated carbocycles. The Kier molecular flexibility index (Phi) is 5.17. The molecule has 19 heavy (non-hydrogen) atoms. The Bertz CT molecular complexity index is 556. The van der Waals surface area contributed by atoms with Gasteiger partial charge in [-0.1, -0.05) is 37.1 Å². The van der Waals surface area contributed by atoms with Crippen LogP contribution in [-0.4, -0.2) is 9.97 Å². The molecular weight excluding hydrogens is 279 g/mol. The van der Waals surface area contributed by atoms with Crippen LogP contribution in [0.2, 0.25) is 5.02 Å². The van der Waals surface area contributed by atoms with Crippen molar-refractivity contribution in [1.82, 2.24) is 9.97 Å². The molecule has 0 aliphatic rings. The smallest absolute Gasteiger partial charge is 0.132 e. The number of rotatable bonds is 5. The first kappa shape index (κ1) is 14.3. The summed E-state index contributed by atoms with van der Waals surface area (Å²) in [4.78, 5) is 9.00. The Morgan fingerprint density at radius 3 is 2.79 bits per heavy atom. The third kappa shape index (κ3) is 3.92. The van der Waals surface area contributed by atoms with Crippen molar-refractivity contribution >= 4 is 23.2 Å². The molecule has 100 valence electrons. The zero-order valence-corrected chi connectivity index (χ0v) is 12.4. The highest BCUT2D eigenvalue weighted by atomic mass is 35.5. The van der Waals surface area contributed by atoms with Crippen LogP contribution in [0, 0.1) is 0 Å². The molecule has 1 heterocycles. The standard InChI is InChI=1S/C15H16Cl2N2/c1-2-4-14-12(9-16)10-18-15(19-14)8-11-5-3-6-13(17)7-11/h3,5-7,10H,2,4,8-9H2,1H3. The van der Waals surface area contributed by atoms with E-state index in [0.29, 0.717) is 12.3 Å². The summed E-state index contributed by atoms with van der Waals surface area (Å²) in [5.41, 5.74) is 3.21. The Morgan fingerprint density at radius 2 is 2.11 bits per heavy atom. The number of aromatic nitrogens is 2. The largest absolute Gasteiger partial charge is 0.241 e. The molecule has 2 nitrogen and oxygen atoms in total. The number of halogens is 2. The van der Waals surface area contributed by atoms with E-state index in [9.17, 15) is 0 Å². The van der Waals surface area contributed by atoms with Gasteiger partial charge in [0.25, 0.3) is 0 Å². The lowest BCUT2D eigenvalue weighted by Crippen LogP contribution is -2.04. The molecule has 0 N–H and O–H groups in total. The van der Waals surface area contributed by atoms with Crippen LogP contribution in [-0.2, 0) is 18.7 Å². The van der Waals surface area contributed by atoms with Crippen molar-refractivity contribution in [1.29, 1.82) is 0 Å². The van der Waals surface area contributed by atoms with Crippen LogP contribution in [0.1, 0.15) is 36.0 Å². The Hall–Kier alpha value is -1.12. The molecule has 2 rings (SSSR count). The molecule has 0 amide bonds. The van der Waals surface area contributed by atoms with E-state index in [0.717, 1.165) is 40.5 Å². The third-order valence-corrected chi connectivity index (χ3v) is 3.41. The van der Waals surface area contributed by atoms with Crippen molar-refractivity contribution in [3.8, 4) is 0 Å². The van der Waals surface area contributed by atoms with Gasteiger partial charge in [0.1, 0.15) is 5.82 Å². The monoisotopic (exact) mass is 294 g/mol. The molecule has 1 aromatic heterocycles. The predicted octanol–water partition coefficient (Wildman–Crippen LogP) is 4.41. The quantitative estimate of drug-likeness (QED) is 0.763. The SMILES string of the molecule is CCCc1nc(Cc2cccc(Cl)c2)ncc1CCl. The van der Waals surface area contributed by atoms with Gasteiger partial charge in [-0.25, -0.2) is 9.97 Å². The van der Waals surface area contributed by atoms with E-state index in [2.05, 4.69) is 16.9 Å². The number of benzene rings is 1. The molecule has 1 aromatic carbocycles. The Morgan fingerprint density at radius 1 is 1.26 bits per heavy atom. The lowest BCUT2D eigenvalue weighted by Gasteiger charge is -2.07. The maximum Gasteiger partial charge on any atom is 0.132 e. The predicted molar refractivity (Wildman–Crippen MR) is 79.8 cm³/mol. The number of hydrogen-bond donors (Lipinski definition) is 0. The second-order valence-corrected chi connectivity index (χ2v) is 5.15. The van der Waals surface area contributed by atoms with E-state index in [4.69, 9.17) is 23.2 Å². The zero-order chi connectivity index (χ0) is 13.7. The van der Waals surface area contributed by atoms with Crippen molar-refractivity contribution in [2.75, 3.05) is 0 Å². The van der Waals surface area contributed by atoms with Crippen LogP contribution < -0.4 is 0 Å². The molecule has 0 aliphatic carbocycles. The number of hydrogen-bond acceptors (Lipinski definition) is 2. The fourth-order valence-electron chi connectivity index (χ4n) is 1.96. The zero-order valence-electron chi connectivity index (χ0n) is 10.9. The van der Waals surface area contributed by atoms with Gasteiger partial charge in [-0.3, -0.25) is 0 Å². The van der Waals surface area contributed by atoms with E-state index < -0.39 is 0 Å². The Labute approximate surface area is 123 Å². The fourth-order valence-corrected chi connectivity index (χ4v) is 2.40. The minimum Gasteiger partial charge on any atom is -0.241 e. The van der Waals surface area contributed by atoms with Crippen LogP contribution in [0.15, 0.2) is 30.5 Å². The normalized spacial score (nSPS) is 10.7. The fraction of sp³-hybridized carbons (Fsp3) is 0.333. The first-order chi connectivity index (χ1) is 9.22. The lowest BCUT2D eigenvalue weighted by molar-refractivity contribution is 0.825. The van der Waals surface area contributed by atoms with Crippen molar-refractivity contribution < 1.29 is 0 Å². The highest BCUT2D eigenvalue weighted by Crippen LogP contribution is 2.15. The number of aryl methyl sites for hydroxylation is 1. The van der Waals surface area contributed by atoms with Gasteiger partial charge < -0.3 is 0 Å². The molecule has 0 unspecified atom stereocenters. The topological polar surface area (TPSA) is 25.8 Å². The van der Waals surface area contributed by atoms with E-state index in [1.165, 1.54) is 0 Å². The van der Waals surface area contributed by atoms with Crippen LogP contribution in [0.3, 0.4) is 0 Å². The summed E-state index contributed by atoms with van der Waals surface area (Å²) < 4.78 is 0. The maximum absolute atomic E-state index is 5.98. The summed E-state index contributed by atoms with van der Waals surface area (Å²) >= 11 is 11.9. The molecule has 0 spiro atoms.